The minimum Gasteiger partial charge on any atom is -0.292 e. The summed E-state index contributed by atoms with van der Waals surface area (Å²) in [6.45, 7) is 0. The Balaban J connectivity index is 1.56. The van der Waals surface area contributed by atoms with Crippen LogP contribution in [0.5, 0.6) is 0 Å². The van der Waals surface area contributed by atoms with Gasteiger partial charge in [-0.2, -0.15) is 0 Å². The van der Waals surface area contributed by atoms with E-state index in [1.807, 2.05) is 0 Å². The summed E-state index contributed by atoms with van der Waals surface area (Å²) in [5.74, 6) is 0.948. The van der Waals surface area contributed by atoms with Crippen LogP contribution in [-0.2, 0) is 0 Å². The molecule has 2 nitrogen and oxygen atoms in total. The lowest BCUT2D eigenvalue weighted by Crippen LogP contribution is -2.50. The van der Waals surface area contributed by atoms with Gasteiger partial charge in [0.15, 0.2) is 0 Å². The van der Waals surface area contributed by atoms with E-state index in [0.29, 0.717) is 0 Å². The molecule has 8 rings (SSSR count). The number of rotatable bonds is 4. The van der Waals surface area contributed by atoms with Gasteiger partial charge < -0.3 is 0 Å². The molecule has 0 unspecified atom stereocenters. The molecule has 0 aliphatic carbocycles. The molecular weight excluding hydrogens is 583 g/mol. The molecule has 0 saturated heterocycles. The van der Waals surface area contributed by atoms with Gasteiger partial charge in [0.1, 0.15) is 68.6 Å². The molecule has 0 aliphatic rings. The van der Waals surface area contributed by atoms with Gasteiger partial charge in [-0.1, -0.05) is 101 Å². The molecule has 0 atom stereocenters. The smallest absolute Gasteiger partial charge is 0.145 e. The molecule has 0 spiro atoms. The first-order valence-electron chi connectivity index (χ1n) is 17.3. The molecule has 0 aliphatic heterocycles. The molecule has 8 aromatic rings. The van der Waals surface area contributed by atoms with E-state index >= 15 is 0 Å². The highest BCUT2D eigenvalue weighted by Crippen LogP contribution is 2.41. The third-order valence-electron chi connectivity index (χ3n) is 11.4. The van der Waals surface area contributed by atoms with Gasteiger partial charge >= 0.3 is 0 Å². The van der Waals surface area contributed by atoms with E-state index in [1.54, 1.807) is 0 Å². The molecule has 224 valence electrons. The monoisotopic (exact) mass is 618 g/mol. The number of aromatic nitrogens is 2. The number of hydrogen-bond acceptors (Lipinski definition) is 1. The Kier molecular flexibility index (Phi) is 7.59. The van der Waals surface area contributed by atoms with E-state index in [9.17, 15) is 0 Å². The zero-order chi connectivity index (χ0) is 34.1. The van der Waals surface area contributed by atoms with Crippen LogP contribution in [-0.4, -0.2) is 72.3 Å². The molecular formula is C39H34B8N2. The van der Waals surface area contributed by atoms with Gasteiger partial charge in [-0.15, -0.1) is 21.9 Å². The van der Waals surface area contributed by atoms with E-state index in [4.69, 9.17) is 4.98 Å². The normalized spacial score (nSPS) is 11.5. The van der Waals surface area contributed by atoms with Crippen molar-refractivity contribution in [2.24, 2.45) is 0 Å². The average molecular weight is 617 g/mol. The topological polar surface area (TPSA) is 17.8 Å². The van der Waals surface area contributed by atoms with Crippen molar-refractivity contribution in [3.05, 3.63) is 109 Å². The summed E-state index contributed by atoms with van der Waals surface area (Å²) in [7, 11) is 18.5. The molecule has 1 aromatic heterocycles. The molecule has 0 fully saturated rings. The molecule has 49 heavy (non-hydrogen) atoms. The number of para-hydroxylation sites is 3. The lowest BCUT2D eigenvalue weighted by Gasteiger charge is -2.28. The van der Waals surface area contributed by atoms with Gasteiger partial charge in [-0.25, -0.2) is 4.98 Å². The highest BCUT2D eigenvalue weighted by atomic mass is 15.1. The minimum atomic E-state index is 0.948. The van der Waals surface area contributed by atoms with Crippen molar-refractivity contribution in [2.45, 2.75) is 0 Å². The molecule has 10 heteroatoms. The molecule has 0 N–H and O–H groups in total. The lowest BCUT2D eigenvalue weighted by atomic mass is 9.59. The van der Waals surface area contributed by atoms with Gasteiger partial charge in [0.2, 0.25) is 0 Å². The maximum absolute atomic E-state index is 5.25. The first-order chi connectivity index (χ1) is 23.7. The van der Waals surface area contributed by atoms with E-state index in [0.717, 1.165) is 28.1 Å². The maximum atomic E-state index is 5.25. The first-order valence-corrected chi connectivity index (χ1v) is 17.3. The van der Waals surface area contributed by atoms with Gasteiger partial charge in [-0.3, -0.25) is 4.57 Å². The fraction of sp³-hybridized carbons (Fsp3) is 0. The van der Waals surface area contributed by atoms with Gasteiger partial charge in [0.25, 0.3) is 0 Å². The van der Waals surface area contributed by atoms with Crippen molar-refractivity contribution in [3.8, 4) is 39.3 Å². The van der Waals surface area contributed by atoms with Gasteiger partial charge in [-0.05, 0) is 74.1 Å². The predicted octanol–water partition coefficient (Wildman–Crippen LogP) is -3.60. The van der Waals surface area contributed by atoms with Crippen LogP contribution in [0.1, 0.15) is 0 Å². The molecule has 7 aromatic carbocycles. The van der Waals surface area contributed by atoms with Crippen molar-refractivity contribution in [3.63, 3.8) is 0 Å². The summed E-state index contributed by atoms with van der Waals surface area (Å²) in [5, 5.41) is 5.43. The predicted molar refractivity (Wildman–Crippen MR) is 238 cm³/mol. The maximum Gasteiger partial charge on any atom is 0.145 e. The fourth-order valence-corrected chi connectivity index (χ4v) is 8.18. The number of nitrogens with zero attached hydrogens (tertiary/aromatic N) is 2. The number of imidazole rings is 1. The fourth-order valence-electron chi connectivity index (χ4n) is 8.18. The Morgan fingerprint density at radius 2 is 0.816 bits per heavy atom. The van der Waals surface area contributed by atoms with Crippen LogP contribution in [0.2, 0.25) is 0 Å². The molecule has 0 saturated carbocycles. The Hall–Kier alpha value is -4.95. The Labute approximate surface area is 296 Å². The zero-order valence-corrected chi connectivity index (χ0v) is 29.8. The highest BCUT2D eigenvalue weighted by Gasteiger charge is 2.25. The van der Waals surface area contributed by atoms with Crippen molar-refractivity contribution in [2.75, 3.05) is 0 Å². The summed E-state index contributed by atoms with van der Waals surface area (Å²) in [5.41, 5.74) is 20.4. The quantitative estimate of drug-likeness (QED) is 0.148. The second-order valence-corrected chi connectivity index (χ2v) is 13.8. The number of fused-ring (bicyclic) bond motifs is 3. The van der Waals surface area contributed by atoms with Crippen molar-refractivity contribution < 1.29 is 0 Å². The zero-order valence-electron chi connectivity index (χ0n) is 29.8. The van der Waals surface area contributed by atoms with Crippen molar-refractivity contribution >= 4 is 139 Å². The van der Waals surface area contributed by atoms with E-state index < -0.39 is 0 Å². The summed E-state index contributed by atoms with van der Waals surface area (Å²) in [4.78, 5) is 5.25. The van der Waals surface area contributed by atoms with Crippen LogP contribution in [0.15, 0.2) is 109 Å². The summed E-state index contributed by atoms with van der Waals surface area (Å²) >= 11 is 0. The first kappa shape index (κ1) is 31.3. The number of hydrogen-bond donors (Lipinski definition) is 0. The third-order valence-corrected chi connectivity index (χ3v) is 11.4. The lowest BCUT2D eigenvalue weighted by molar-refractivity contribution is 1.10. The minimum absolute atomic E-state index is 0.948. The van der Waals surface area contributed by atoms with Crippen molar-refractivity contribution in [1.29, 1.82) is 0 Å². The second kappa shape index (κ2) is 11.9. The molecule has 1 heterocycles. The largest absolute Gasteiger partial charge is 0.292 e. The van der Waals surface area contributed by atoms with Crippen LogP contribution in [0.25, 0.3) is 71.9 Å². The van der Waals surface area contributed by atoms with E-state index in [-0.39, 0.29) is 0 Å². The van der Waals surface area contributed by atoms with Crippen molar-refractivity contribution in [1.82, 2.24) is 9.55 Å². The summed E-state index contributed by atoms with van der Waals surface area (Å²) < 4.78 is 2.30. The van der Waals surface area contributed by atoms with Crippen LogP contribution in [0.3, 0.4) is 0 Å². The molecule has 0 bridgehead atoms. The van der Waals surface area contributed by atoms with Crippen LogP contribution < -0.4 is 43.7 Å². The Morgan fingerprint density at radius 3 is 1.37 bits per heavy atom. The van der Waals surface area contributed by atoms with Crippen LogP contribution in [0, 0.1) is 0 Å². The molecule has 0 radical (unpaired) electrons. The summed E-state index contributed by atoms with van der Waals surface area (Å²) in [6, 6.07) is 39.2. The Bertz CT molecular complexity index is 2550. The molecule has 0 amide bonds. The van der Waals surface area contributed by atoms with Gasteiger partial charge in [0, 0.05) is 11.3 Å². The van der Waals surface area contributed by atoms with E-state index in [2.05, 4.69) is 177 Å². The summed E-state index contributed by atoms with van der Waals surface area (Å²) in [6.07, 6.45) is 0. The van der Waals surface area contributed by atoms with E-state index in [1.165, 1.54) is 87.5 Å². The second-order valence-electron chi connectivity index (χ2n) is 13.8. The van der Waals surface area contributed by atoms with Gasteiger partial charge in [0.05, 0.1) is 11.0 Å². The van der Waals surface area contributed by atoms with Crippen LogP contribution >= 0.6 is 0 Å². The number of benzene rings is 7. The van der Waals surface area contributed by atoms with Crippen LogP contribution in [0.4, 0.5) is 0 Å². The standard InChI is InChI=1S/C39H34B8N2/c40-31-27-25(19-10-3-1-4-11-19)28-30(34(43)38(47)36(45)32(28)41)26(29(27)33(42)37(46)35(31)44)20-12-9-13-21(18-20)39-48-23-16-7-8-17-24(23)49(39)22-14-5-2-6-15-22/h1-18H,40-47H2. The highest BCUT2D eigenvalue weighted by molar-refractivity contribution is 6.71. The Morgan fingerprint density at radius 1 is 0.388 bits per heavy atom. The third kappa shape index (κ3) is 4.71. The SMILES string of the molecule is Bc1c(B)c(B)c2c(-c3cccc(-c4nc5ccccc5n4-c4ccccc4)c3)c3c(B)c(B)c(B)c(B)c3c(-c3ccccc3)c2c1B. The average Bonchev–Trinajstić information content (AvgIpc) is 3.54.